The Kier molecular flexibility index (Phi) is 6.93. The predicted octanol–water partition coefficient (Wildman–Crippen LogP) is 6.11. The molecule has 0 saturated carbocycles. The molecule has 0 radical (unpaired) electrons. The number of phenols is 1. The van der Waals surface area contributed by atoms with Crippen LogP contribution in [-0.2, 0) is 4.79 Å². The molecule has 0 heterocycles. The predicted molar refractivity (Wildman–Crippen MR) is 133 cm³/mol. The maximum absolute atomic E-state index is 12.1. The number of rotatable bonds is 7. The maximum atomic E-state index is 12.1. The summed E-state index contributed by atoms with van der Waals surface area (Å²) in [5.41, 5.74) is 6.15. The van der Waals surface area contributed by atoms with Gasteiger partial charge in [0.25, 0.3) is 5.91 Å². The van der Waals surface area contributed by atoms with E-state index in [2.05, 4.69) is 20.8 Å². The van der Waals surface area contributed by atoms with Crippen LogP contribution in [0.15, 0.2) is 94.2 Å². The summed E-state index contributed by atoms with van der Waals surface area (Å²) in [6.07, 6.45) is 1.35. The number of hydrogen-bond acceptors (Lipinski definition) is 6. The van der Waals surface area contributed by atoms with Gasteiger partial charge in [-0.25, -0.2) is 5.43 Å². The lowest BCUT2D eigenvalue weighted by Crippen LogP contribution is -2.24. The first-order valence-corrected chi connectivity index (χ1v) is 10.7. The van der Waals surface area contributed by atoms with Gasteiger partial charge in [-0.3, -0.25) is 4.79 Å². The van der Waals surface area contributed by atoms with Crippen molar-refractivity contribution in [2.75, 3.05) is 6.61 Å². The minimum atomic E-state index is -0.413. The van der Waals surface area contributed by atoms with Gasteiger partial charge in [0.05, 0.1) is 17.6 Å². The van der Waals surface area contributed by atoms with E-state index in [9.17, 15) is 9.90 Å². The van der Waals surface area contributed by atoms with Crippen LogP contribution in [0.3, 0.4) is 0 Å². The van der Waals surface area contributed by atoms with Crippen LogP contribution in [0.25, 0.3) is 10.8 Å². The summed E-state index contributed by atoms with van der Waals surface area (Å²) < 4.78 is 5.57. The fourth-order valence-electron chi connectivity index (χ4n) is 3.34. The van der Waals surface area contributed by atoms with Crippen LogP contribution in [0.1, 0.15) is 16.7 Å². The highest BCUT2D eigenvalue weighted by atomic mass is 16.5. The van der Waals surface area contributed by atoms with Crippen LogP contribution < -0.4 is 10.2 Å². The van der Waals surface area contributed by atoms with Gasteiger partial charge < -0.3 is 9.84 Å². The maximum Gasteiger partial charge on any atom is 0.277 e. The molecule has 0 unspecified atom stereocenters. The lowest BCUT2D eigenvalue weighted by atomic mass is 10.1. The number of nitrogens with zero attached hydrogens (tertiary/aromatic N) is 3. The first-order valence-electron chi connectivity index (χ1n) is 10.7. The number of ether oxygens (including phenoxy) is 1. The summed E-state index contributed by atoms with van der Waals surface area (Å²) in [7, 11) is 0. The van der Waals surface area contributed by atoms with E-state index < -0.39 is 5.91 Å². The van der Waals surface area contributed by atoms with Gasteiger partial charge in [-0.05, 0) is 60.7 Å². The third-order valence-corrected chi connectivity index (χ3v) is 5.36. The molecule has 0 atom stereocenters. The Labute approximate surface area is 197 Å². The highest BCUT2D eigenvalue weighted by molar-refractivity contribution is 5.92. The highest BCUT2D eigenvalue weighted by Crippen LogP contribution is 2.28. The second-order valence-corrected chi connectivity index (χ2v) is 7.72. The smallest absolute Gasteiger partial charge is 0.277 e. The van der Waals surface area contributed by atoms with Crippen LogP contribution in [0.4, 0.5) is 11.4 Å². The third kappa shape index (κ3) is 5.45. The Morgan fingerprint density at radius 2 is 1.76 bits per heavy atom. The number of amides is 1. The van der Waals surface area contributed by atoms with Crippen molar-refractivity contribution in [3.05, 3.63) is 95.6 Å². The molecule has 0 aromatic heterocycles. The zero-order chi connectivity index (χ0) is 23.9. The van der Waals surface area contributed by atoms with Crippen molar-refractivity contribution in [1.82, 2.24) is 5.43 Å². The molecule has 170 valence electrons. The molecule has 4 aromatic rings. The molecule has 4 rings (SSSR count). The minimum absolute atomic E-state index is 0.00810. The number of carbonyl (C=O) groups is 1. The second kappa shape index (κ2) is 10.4. The lowest BCUT2D eigenvalue weighted by molar-refractivity contribution is -0.123. The molecule has 0 saturated heterocycles. The molecule has 0 aliphatic rings. The van der Waals surface area contributed by atoms with E-state index in [-0.39, 0.29) is 12.4 Å². The van der Waals surface area contributed by atoms with Crippen LogP contribution in [-0.4, -0.2) is 23.8 Å². The molecule has 0 fully saturated rings. The van der Waals surface area contributed by atoms with Gasteiger partial charge >= 0.3 is 0 Å². The normalized spacial score (nSPS) is 11.4. The van der Waals surface area contributed by atoms with E-state index in [1.807, 2.05) is 74.5 Å². The first kappa shape index (κ1) is 22.7. The van der Waals surface area contributed by atoms with Crippen LogP contribution in [0, 0.1) is 13.8 Å². The number of aromatic hydroxyl groups is 1. The highest BCUT2D eigenvalue weighted by Gasteiger charge is 2.06. The van der Waals surface area contributed by atoms with E-state index in [1.54, 1.807) is 12.1 Å². The molecular weight excluding hydrogens is 428 g/mol. The van der Waals surface area contributed by atoms with E-state index in [4.69, 9.17) is 4.74 Å². The van der Waals surface area contributed by atoms with Gasteiger partial charge in [0, 0.05) is 10.9 Å². The van der Waals surface area contributed by atoms with Crippen LogP contribution in [0.2, 0.25) is 0 Å². The minimum Gasteiger partial charge on any atom is -0.507 e. The SMILES string of the molecule is Cc1cccc(OCC(=O)NN=Cc2cc(N=Nc3cccc4ccccc34)ccc2O)c1C. The zero-order valence-corrected chi connectivity index (χ0v) is 18.9. The largest absolute Gasteiger partial charge is 0.507 e. The average molecular weight is 453 g/mol. The Morgan fingerprint density at radius 1 is 0.971 bits per heavy atom. The van der Waals surface area contributed by atoms with Gasteiger partial charge in [-0.2, -0.15) is 10.2 Å². The van der Waals surface area contributed by atoms with Crippen LogP contribution >= 0.6 is 0 Å². The van der Waals surface area contributed by atoms with Crippen LogP contribution in [0.5, 0.6) is 11.5 Å². The molecule has 2 N–H and O–H groups in total. The molecule has 0 aliphatic carbocycles. The Hall–Kier alpha value is -4.52. The summed E-state index contributed by atoms with van der Waals surface area (Å²) in [4.78, 5) is 12.1. The van der Waals surface area contributed by atoms with Gasteiger partial charge in [0.2, 0.25) is 0 Å². The van der Waals surface area contributed by atoms with Crippen molar-refractivity contribution in [2.45, 2.75) is 13.8 Å². The van der Waals surface area contributed by atoms with Gasteiger partial charge in [0.15, 0.2) is 6.61 Å². The van der Waals surface area contributed by atoms with Crippen molar-refractivity contribution < 1.29 is 14.6 Å². The molecule has 34 heavy (non-hydrogen) atoms. The fourth-order valence-corrected chi connectivity index (χ4v) is 3.34. The van der Waals surface area contributed by atoms with Gasteiger partial charge in [-0.15, -0.1) is 5.11 Å². The molecule has 7 heteroatoms. The topological polar surface area (TPSA) is 95.6 Å². The monoisotopic (exact) mass is 452 g/mol. The number of carbonyl (C=O) groups excluding carboxylic acids is 1. The average Bonchev–Trinajstić information content (AvgIpc) is 2.85. The zero-order valence-electron chi connectivity index (χ0n) is 18.9. The number of benzene rings is 4. The Morgan fingerprint density at radius 3 is 2.65 bits per heavy atom. The fraction of sp³-hybridized carbons (Fsp3) is 0.111. The number of hydrogen-bond donors (Lipinski definition) is 2. The molecule has 0 aliphatic heterocycles. The van der Waals surface area contributed by atoms with Gasteiger partial charge in [-0.1, -0.05) is 48.5 Å². The molecule has 0 spiro atoms. The van der Waals surface area contributed by atoms with Crippen molar-refractivity contribution in [3.63, 3.8) is 0 Å². The summed E-state index contributed by atoms with van der Waals surface area (Å²) in [6, 6.07) is 24.2. The van der Waals surface area contributed by atoms with E-state index in [0.717, 1.165) is 27.6 Å². The third-order valence-electron chi connectivity index (χ3n) is 5.36. The Bertz CT molecular complexity index is 1390. The lowest BCUT2D eigenvalue weighted by Gasteiger charge is -2.09. The number of hydrazone groups is 1. The standard InChI is InChI=1S/C27H24N4O3/c1-18-7-5-12-26(19(18)2)34-17-27(33)31-28-16-21-15-22(13-14-25(21)32)29-30-24-11-6-9-20-8-3-4-10-23(20)24/h3-16,32H,17H2,1-2H3,(H,31,33). The summed E-state index contributed by atoms with van der Waals surface area (Å²) >= 11 is 0. The molecule has 7 nitrogen and oxygen atoms in total. The van der Waals surface area contributed by atoms with Crippen molar-refractivity contribution in [3.8, 4) is 11.5 Å². The number of nitrogens with one attached hydrogen (secondary N) is 1. The molecule has 0 bridgehead atoms. The first-order chi connectivity index (χ1) is 16.5. The molecule has 1 amide bonds. The van der Waals surface area contributed by atoms with Crippen molar-refractivity contribution >= 4 is 34.3 Å². The summed E-state index contributed by atoms with van der Waals surface area (Å²) in [6.45, 7) is 3.75. The van der Waals surface area contributed by atoms with Gasteiger partial charge in [0.1, 0.15) is 11.5 Å². The molecular formula is C27H24N4O3. The number of phenolic OH excluding ortho intramolecular Hbond substituents is 1. The quantitative estimate of drug-likeness (QED) is 0.201. The van der Waals surface area contributed by atoms with Crippen molar-refractivity contribution in [1.29, 1.82) is 0 Å². The number of azo groups is 1. The van der Waals surface area contributed by atoms with E-state index in [1.165, 1.54) is 12.3 Å². The second-order valence-electron chi connectivity index (χ2n) is 7.72. The number of fused-ring (bicyclic) bond motifs is 1. The molecule has 4 aromatic carbocycles. The van der Waals surface area contributed by atoms with E-state index >= 15 is 0 Å². The van der Waals surface area contributed by atoms with Crippen molar-refractivity contribution in [2.24, 2.45) is 15.3 Å². The Balaban J connectivity index is 1.40. The number of aryl methyl sites for hydroxylation is 1. The summed E-state index contributed by atoms with van der Waals surface area (Å²) in [5.74, 6) is 0.248. The van der Waals surface area contributed by atoms with E-state index in [0.29, 0.717) is 17.0 Å². The summed E-state index contributed by atoms with van der Waals surface area (Å²) in [5, 5.41) is 24.8.